The number of unbranched alkanes of at least 4 members (excludes halogenated alkanes) is 2. The Labute approximate surface area is 119 Å². The third-order valence-electron chi connectivity index (χ3n) is 3.93. The van der Waals surface area contributed by atoms with Crippen LogP contribution in [0.2, 0.25) is 0 Å². The van der Waals surface area contributed by atoms with E-state index < -0.39 is 0 Å². The summed E-state index contributed by atoms with van der Waals surface area (Å²) in [6, 6.07) is 0.357. The zero-order chi connectivity index (χ0) is 14.7. The van der Waals surface area contributed by atoms with Crippen LogP contribution in [0.15, 0.2) is 0 Å². The van der Waals surface area contributed by atoms with E-state index in [0.717, 1.165) is 26.2 Å². The van der Waals surface area contributed by atoms with Gasteiger partial charge < -0.3 is 15.2 Å². The molecule has 0 aromatic heterocycles. The van der Waals surface area contributed by atoms with Gasteiger partial charge in [0.05, 0.1) is 13.2 Å². The molecule has 2 unspecified atom stereocenters. The molecule has 2 atom stereocenters. The molecular weight excluding hydrogens is 240 g/mol. The van der Waals surface area contributed by atoms with Crippen LogP contribution in [0, 0.1) is 0 Å². The highest BCUT2D eigenvalue weighted by Crippen LogP contribution is 2.24. The molecule has 0 heterocycles. The van der Waals surface area contributed by atoms with Crippen molar-refractivity contribution >= 4 is 0 Å². The Morgan fingerprint density at radius 3 is 2.37 bits per heavy atom. The van der Waals surface area contributed by atoms with Crippen molar-refractivity contribution in [3.8, 4) is 0 Å². The van der Waals surface area contributed by atoms with E-state index in [9.17, 15) is 0 Å². The zero-order valence-electron chi connectivity index (χ0n) is 13.6. The average Bonchev–Trinajstić information content (AvgIpc) is 2.39. The van der Waals surface area contributed by atoms with E-state index in [-0.39, 0.29) is 5.54 Å². The van der Waals surface area contributed by atoms with E-state index in [0.29, 0.717) is 12.6 Å². The van der Waals surface area contributed by atoms with Crippen LogP contribution in [0.25, 0.3) is 0 Å². The molecule has 0 aromatic carbocycles. The number of rotatable bonds is 12. The first kappa shape index (κ1) is 18.8. The second-order valence-corrected chi connectivity index (χ2v) is 5.65. The number of ether oxygens (including phenoxy) is 2. The lowest BCUT2D eigenvalue weighted by atomic mass is 9.90. The van der Waals surface area contributed by atoms with Crippen LogP contribution >= 0.6 is 0 Å². The summed E-state index contributed by atoms with van der Waals surface area (Å²) in [4.78, 5) is 2.45. The summed E-state index contributed by atoms with van der Waals surface area (Å²) >= 11 is 0. The number of methoxy groups -OCH3 is 2. The molecule has 0 saturated heterocycles. The minimum atomic E-state index is 0.0334. The van der Waals surface area contributed by atoms with Gasteiger partial charge in [0.2, 0.25) is 0 Å². The van der Waals surface area contributed by atoms with Gasteiger partial charge in [-0.3, -0.25) is 4.90 Å². The average molecular weight is 274 g/mol. The number of nitrogens with zero attached hydrogens (tertiary/aromatic N) is 1. The summed E-state index contributed by atoms with van der Waals surface area (Å²) < 4.78 is 10.5. The standard InChI is InChI=1S/C15H34N2O2/c1-6-7-8-9-15(3,13-16)17(10-11-18-4)14(2)12-19-5/h14H,6-13,16H2,1-5H3. The maximum Gasteiger partial charge on any atom is 0.0615 e. The van der Waals surface area contributed by atoms with E-state index in [1.807, 2.05) is 0 Å². The van der Waals surface area contributed by atoms with Crippen molar-refractivity contribution in [1.29, 1.82) is 0 Å². The van der Waals surface area contributed by atoms with Gasteiger partial charge in [-0.2, -0.15) is 0 Å². The Bertz CT molecular complexity index is 214. The minimum Gasteiger partial charge on any atom is -0.383 e. The summed E-state index contributed by atoms with van der Waals surface area (Å²) in [5.41, 5.74) is 6.11. The second kappa shape index (κ2) is 10.6. The zero-order valence-corrected chi connectivity index (χ0v) is 13.6. The second-order valence-electron chi connectivity index (χ2n) is 5.65. The molecule has 0 aliphatic rings. The molecule has 2 N–H and O–H groups in total. The lowest BCUT2D eigenvalue weighted by Crippen LogP contribution is -2.57. The summed E-state index contributed by atoms with van der Waals surface area (Å²) in [7, 11) is 3.50. The van der Waals surface area contributed by atoms with E-state index in [1.54, 1.807) is 14.2 Å². The van der Waals surface area contributed by atoms with Gasteiger partial charge in [-0.25, -0.2) is 0 Å². The highest BCUT2D eigenvalue weighted by Gasteiger charge is 2.32. The summed E-state index contributed by atoms with van der Waals surface area (Å²) in [5, 5.41) is 0. The molecule has 0 amide bonds. The molecule has 0 bridgehead atoms. The molecular formula is C15H34N2O2. The maximum atomic E-state index is 6.07. The van der Waals surface area contributed by atoms with E-state index in [2.05, 4.69) is 25.7 Å². The first-order chi connectivity index (χ1) is 9.05. The summed E-state index contributed by atoms with van der Waals surface area (Å²) in [6.45, 7) is 9.74. The summed E-state index contributed by atoms with van der Waals surface area (Å²) in [5.74, 6) is 0. The van der Waals surface area contributed by atoms with Gasteiger partial charge >= 0.3 is 0 Å². The van der Waals surface area contributed by atoms with Crippen LogP contribution < -0.4 is 5.73 Å². The van der Waals surface area contributed by atoms with Crippen LogP contribution in [0.3, 0.4) is 0 Å². The predicted octanol–water partition coefficient (Wildman–Crippen LogP) is 2.27. The molecule has 4 heteroatoms. The van der Waals surface area contributed by atoms with Gasteiger partial charge in [-0.1, -0.05) is 26.2 Å². The number of hydrogen-bond donors (Lipinski definition) is 1. The highest BCUT2D eigenvalue weighted by molar-refractivity contribution is 4.90. The normalized spacial score (nSPS) is 16.6. The third-order valence-corrected chi connectivity index (χ3v) is 3.93. The van der Waals surface area contributed by atoms with E-state index in [4.69, 9.17) is 15.2 Å². The molecule has 19 heavy (non-hydrogen) atoms. The van der Waals surface area contributed by atoms with Gasteiger partial charge in [-0.05, 0) is 20.3 Å². The fourth-order valence-corrected chi connectivity index (χ4v) is 2.66. The summed E-state index contributed by atoms with van der Waals surface area (Å²) in [6.07, 6.45) is 4.88. The molecule has 0 aromatic rings. The van der Waals surface area contributed by atoms with Crippen molar-refractivity contribution in [2.75, 3.05) is 40.5 Å². The SMILES string of the molecule is CCCCCC(C)(CN)N(CCOC)C(C)COC. The van der Waals surface area contributed by atoms with Crippen molar-refractivity contribution in [2.24, 2.45) is 5.73 Å². The lowest BCUT2D eigenvalue weighted by molar-refractivity contribution is 0.00261. The molecule has 0 aliphatic carbocycles. The van der Waals surface area contributed by atoms with Crippen LogP contribution in [0.5, 0.6) is 0 Å². The maximum absolute atomic E-state index is 6.07. The largest absolute Gasteiger partial charge is 0.383 e. The van der Waals surface area contributed by atoms with E-state index >= 15 is 0 Å². The van der Waals surface area contributed by atoms with Crippen LogP contribution in [0.4, 0.5) is 0 Å². The predicted molar refractivity (Wildman–Crippen MR) is 81.5 cm³/mol. The van der Waals surface area contributed by atoms with Gasteiger partial charge in [0.15, 0.2) is 0 Å². The number of nitrogens with two attached hydrogens (primary N) is 1. The molecule has 0 saturated carbocycles. The molecule has 0 aliphatic heterocycles. The van der Waals surface area contributed by atoms with Crippen molar-refractivity contribution in [2.45, 2.75) is 58.0 Å². The van der Waals surface area contributed by atoms with Crippen molar-refractivity contribution in [1.82, 2.24) is 4.90 Å². The smallest absolute Gasteiger partial charge is 0.0615 e. The first-order valence-corrected chi connectivity index (χ1v) is 7.50. The van der Waals surface area contributed by atoms with Crippen LogP contribution in [-0.2, 0) is 9.47 Å². The van der Waals surface area contributed by atoms with Gasteiger partial charge in [0.25, 0.3) is 0 Å². The van der Waals surface area contributed by atoms with Crippen molar-refractivity contribution in [3.05, 3.63) is 0 Å². The Morgan fingerprint density at radius 1 is 1.21 bits per heavy atom. The Hall–Kier alpha value is -0.160. The molecule has 0 spiro atoms. The van der Waals surface area contributed by atoms with Crippen LogP contribution in [0.1, 0.15) is 46.5 Å². The topological polar surface area (TPSA) is 47.7 Å². The monoisotopic (exact) mass is 274 g/mol. The molecule has 0 radical (unpaired) electrons. The van der Waals surface area contributed by atoms with Gasteiger partial charge in [-0.15, -0.1) is 0 Å². The van der Waals surface area contributed by atoms with Gasteiger partial charge in [0.1, 0.15) is 0 Å². The quantitative estimate of drug-likeness (QED) is 0.555. The fraction of sp³-hybridized carbons (Fsp3) is 1.00. The first-order valence-electron chi connectivity index (χ1n) is 7.50. The van der Waals surface area contributed by atoms with E-state index in [1.165, 1.54) is 19.3 Å². The van der Waals surface area contributed by atoms with Gasteiger partial charge in [0, 0.05) is 38.9 Å². The Kier molecular flexibility index (Phi) is 10.5. The molecule has 0 rings (SSSR count). The highest BCUT2D eigenvalue weighted by atomic mass is 16.5. The molecule has 0 fully saturated rings. The van der Waals surface area contributed by atoms with Crippen molar-refractivity contribution < 1.29 is 9.47 Å². The molecule has 4 nitrogen and oxygen atoms in total. The minimum absolute atomic E-state index is 0.0334. The molecule has 116 valence electrons. The van der Waals surface area contributed by atoms with Crippen LogP contribution in [-0.4, -0.2) is 57.0 Å². The Balaban J connectivity index is 4.71. The van der Waals surface area contributed by atoms with Crippen molar-refractivity contribution in [3.63, 3.8) is 0 Å². The third kappa shape index (κ3) is 6.70. The fourth-order valence-electron chi connectivity index (χ4n) is 2.66. The number of hydrogen-bond acceptors (Lipinski definition) is 4. The Morgan fingerprint density at radius 2 is 1.89 bits per heavy atom. The lowest BCUT2D eigenvalue weighted by Gasteiger charge is -2.44.